The van der Waals surface area contributed by atoms with E-state index in [4.69, 9.17) is 0 Å². The van der Waals surface area contributed by atoms with Crippen LogP contribution in [0.1, 0.15) is 31.7 Å². The molecule has 0 amide bonds. The maximum atomic E-state index is 12.5. The molecule has 144 valence electrons. The minimum atomic E-state index is -4.47. The van der Waals surface area contributed by atoms with Crippen LogP contribution >= 0.6 is 12.4 Å². The average molecular weight is 401 g/mol. The highest BCUT2D eigenvalue weighted by Gasteiger charge is 2.30. The van der Waals surface area contributed by atoms with Crippen molar-refractivity contribution >= 4 is 22.4 Å². The van der Waals surface area contributed by atoms with Crippen LogP contribution in [0, 0.1) is 5.92 Å². The molecule has 1 aliphatic heterocycles. The summed E-state index contributed by atoms with van der Waals surface area (Å²) < 4.78 is 64.1. The van der Waals surface area contributed by atoms with Crippen molar-refractivity contribution in [1.82, 2.24) is 9.62 Å². The van der Waals surface area contributed by atoms with Crippen molar-refractivity contribution in [3.8, 4) is 0 Å². The Morgan fingerprint density at radius 1 is 1.16 bits per heavy atom. The highest BCUT2D eigenvalue weighted by molar-refractivity contribution is 7.89. The normalized spacial score (nSPS) is 17.3. The number of alkyl halides is 3. The molecule has 1 N–H and O–H groups in total. The van der Waals surface area contributed by atoms with Crippen molar-refractivity contribution in [2.75, 3.05) is 26.2 Å². The largest absolute Gasteiger partial charge is 0.416 e. The fourth-order valence-electron chi connectivity index (χ4n) is 2.70. The number of rotatable bonds is 6. The van der Waals surface area contributed by atoms with Gasteiger partial charge in [-0.1, -0.05) is 6.92 Å². The Morgan fingerprint density at radius 3 is 2.24 bits per heavy atom. The van der Waals surface area contributed by atoms with Crippen LogP contribution in [0.5, 0.6) is 0 Å². The summed E-state index contributed by atoms with van der Waals surface area (Å²) in [5.74, 6) is 0.749. The van der Waals surface area contributed by atoms with E-state index >= 15 is 0 Å². The third kappa shape index (κ3) is 6.77. The molecular weight excluding hydrogens is 377 g/mol. The van der Waals surface area contributed by atoms with Crippen LogP contribution in [0.15, 0.2) is 29.2 Å². The van der Waals surface area contributed by atoms with Crippen LogP contribution in [0.2, 0.25) is 0 Å². The second-order valence-electron chi connectivity index (χ2n) is 6.30. The minimum absolute atomic E-state index is 0. The smallest absolute Gasteiger partial charge is 0.303 e. The summed E-state index contributed by atoms with van der Waals surface area (Å²) >= 11 is 0. The molecule has 2 rings (SSSR count). The van der Waals surface area contributed by atoms with E-state index in [0.29, 0.717) is 6.42 Å². The molecule has 0 radical (unpaired) electrons. The molecule has 0 saturated carbocycles. The Kier molecular flexibility index (Phi) is 8.18. The molecule has 0 bridgehead atoms. The van der Waals surface area contributed by atoms with Gasteiger partial charge >= 0.3 is 6.18 Å². The number of likely N-dealkylation sites (tertiary alicyclic amines) is 1. The van der Waals surface area contributed by atoms with Crippen LogP contribution in [-0.2, 0) is 16.2 Å². The summed E-state index contributed by atoms with van der Waals surface area (Å²) in [4.78, 5) is 2.16. The molecule has 1 fully saturated rings. The molecule has 1 heterocycles. The zero-order chi connectivity index (χ0) is 17.8. The molecule has 25 heavy (non-hydrogen) atoms. The van der Waals surface area contributed by atoms with Gasteiger partial charge in [0.2, 0.25) is 10.0 Å². The summed E-state index contributed by atoms with van der Waals surface area (Å²) in [7, 11) is -3.77. The van der Waals surface area contributed by atoms with Crippen molar-refractivity contribution < 1.29 is 21.6 Å². The number of piperidine rings is 1. The molecule has 1 saturated heterocycles. The molecule has 0 spiro atoms. The van der Waals surface area contributed by atoms with Crippen LogP contribution in [0.4, 0.5) is 13.2 Å². The topological polar surface area (TPSA) is 49.4 Å². The van der Waals surface area contributed by atoms with Gasteiger partial charge in [-0.05, 0) is 69.1 Å². The standard InChI is InChI=1S/C16H23F3N2O2S.ClH/c1-13-7-11-21(12-8-13)10-2-9-20-24(22,23)15-5-3-14(4-6-15)16(17,18)19;/h3-6,13,20H,2,7-12H2,1H3;1H. The first-order chi connectivity index (χ1) is 11.2. The lowest BCUT2D eigenvalue weighted by Crippen LogP contribution is -2.35. The van der Waals surface area contributed by atoms with Crippen LogP contribution < -0.4 is 4.72 Å². The SMILES string of the molecule is CC1CCN(CCCNS(=O)(=O)c2ccc(C(F)(F)F)cc2)CC1.Cl. The summed E-state index contributed by atoms with van der Waals surface area (Å²) in [6, 6.07) is 3.53. The van der Waals surface area contributed by atoms with Gasteiger partial charge in [-0.25, -0.2) is 13.1 Å². The van der Waals surface area contributed by atoms with E-state index in [1.807, 2.05) is 0 Å². The van der Waals surface area contributed by atoms with Gasteiger partial charge in [0.25, 0.3) is 0 Å². The fourth-order valence-corrected chi connectivity index (χ4v) is 3.78. The maximum absolute atomic E-state index is 12.5. The van der Waals surface area contributed by atoms with Gasteiger partial charge in [-0.2, -0.15) is 13.2 Å². The Bertz CT molecular complexity index is 628. The number of hydrogen-bond donors (Lipinski definition) is 1. The van der Waals surface area contributed by atoms with Crippen molar-refractivity contribution in [1.29, 1.82) is 0 Å². The molecule has 1 aromatic carbocycles. The van der Waals surface area contributed by atoms with Gasteiger partial charge in [-0.3, -0.25) is 0 Å². The maximum Gasteiger partial charge on any atom is 0.416 e. The summed E-state index contributed by atoms with van der Waals surface area (Å²) in [6.07, 6.45) is -1.47. The summed E-state index contributed by atoms with van der Waals surface area (Å²) in [5.41, 5.74) is -0.860. The molecule has 1 aliphatic rings. The molecule has 9 heteroatoms. The van der Waals surface area contributed by atoms with Crippen molar-refractivity contribution in [2.24, 2.45) is 5.92 Å². The van der Waals surface area contributed by atoms with Crippen LogP contribution in [-0.4, -0.2) is 39.5 Å². The van der Waals surface area contributed by atoms with Crippen LogP contribution in [0.25, 0.3) is 0 Å². The first-order valence-corrected chi connectivity index (χ1v) is 9.56. The van der Waals surface area contributed by atoms with Crippen molar-refractivity contribution in [2.45, 2.75) is 37.3 Å². The van der Waals surface area contributed by atoms with Gasteiger partial charge in [0.15, 0.2) is 0 Å². The molecule has 4 nitrogen and oxygen atoms in total. The van der Waals surface area contributed by atoms with Crippen molar-refractivity contribution in [3.63, 3.8) is 0 Å². The lowest BCUT2D eigenvalue weighted by atomic mass is 9.99. The molecular formula is C16H24ClF3N2O2S. The molecule has 0 unspecified atom stereocenters. The Labute approximate surface area is 153 Å². The number of nitrogens with one attached hydrogen (secondary N) is 1. The van der Waals surface area contributed by atoms with E-state index in [2.05, 4.69) is 16.5 Å². The van der Waals surface area contributed by atoms with E-state index in [9.17, 15) is 21.6 Å². The minimum Gasteiger partial charge on any atom is -0.303 e. The Hall–Kier alpha value is -0.830. The van der Waals surface area contributed by atoms with Gasteiger partial charge in [0.05, 0.1) is 10.5 Å². The monoisotopic (exact) mass is 400 g/mol. The zero-order valence-electron chi connectivity index (χ0n) is 14.1. The summed E-state index contributed by atoms with van der Waals surface area (Å²) in [6.45, 7) is 5.40. The van der Waals surface area contributed by atoms with Crippen molar-refractivity contribution in [3.05, 3.63) is 29.8 Å². The zero-order valence-corrected chi connectivity index (χ0v) is 15.7. The van der Waals surface area contributed by atoms with E-state index < -0.39 is 21.8 Å². The van der Waals surface area contributed by atoms with E-state index in [1.54, 1.807) is 0 Å². The van der Waals surface area contributed by atoms with E-state index in [0.717, 1.165) is 62.7 Å². The number of nitrogens with zero attached hydrogens (tertiary/aromatic N) is 1. The lowest BCUT2D eigenvalue weighted by Gasteiger charge is -2.30. The van der Waals surface area contributed by atoms with Gasteiger partial charge in [0, 0.05) is 6.54 Å². The predicted octanol–water partition coefficient (Wildman–Crippen LogP) is 3.53. The molecule has 0 atom stereocenters. The third-order valence-corrected chi connectivity index (χ3v) is 5.79. The quantitative estimate of drug-likeness (QED) is 0.743. The summed E-state index contributed by atoms with van der Waals surface area (Å²) in [5, 5.41) is 0. The first-order valence-electron chi connectivity index (χ1n) is 8.08. The van der Waals surface area contributed by atoms with Gasteiger partial charge in [-0.15, -0.1) is 12.4 Å². The van der Waals surface area contributed by atoms with Gasteiger partial charge in [0.1, 0.15) is 0 Å². The molecule has 0 aromatic heterocycles. The first kappa shape index (κ1) is 22.2. The highest BCUT2D eigenvalue weighted by Crippen LogP contribution is 2.29. The second-order valence-corrected chi connectivity index (χ2v) is 8.06. The third-order valence-electron chi connectivity index (χ3n) is 4.31. The van der Waals surface area contributed by atoms with E-state index in [-0.39, 0.29) is 23.8 Å². The number of benzene rings is 1. The highest BCUT2D eigenvalue weighted by atomic mass is 35.5. The molecule has 1 aromatic rings. The lowest BCUT2D eigenvalue weighted by molar-refractivity contribution is -0.137. The number of halogens is 4. The predicted molar refractivity (Wildman–Crippen MR) is 93.3 cm³/mol. The second kappa shape index (κ2) is 9.21. The Balaban J connectivity index is 0.00000312. The fraction of sp³-hybridized carbons (Fsp3) is 0.625. The Morgan fingerprint density at radius 2 is 1.72 bits per heavy atom. The molecule has 0 aliphatic carbocycles. The number of sulfonamides is 1. The van der Waals surface area contributed by atoms with Crippen LogP contribution in [0.3, 0.4) is 0 Å². The average Bonchev–Trinajstić information content (AvgIpc) is 2.52. The van der Waals surface area contributed by atoms with E-state index in [1.165, 1.54) is 0 Å². The number of hydrogen-bond acceptors (Lipinski definition) is 3. The van der Waals surface area contributed by atoms with Gasteiger partial charge < -0.3 is 4.90 Å².